The molecule has 0 atom stereocenters. The summed E-state index contributed by atoms with van der Waals surface area (Å²) >= 11 is 5.57. The van der Waals surface area contributed by atoms with E-state index in [1.807, 2.05) is 19.2 Å². The van der Waals surface area contributed by atoms with Gasteiger partial charge >= 0.3 is 0 Å². The third kappa shape index (κ3) is 28.6. The first-order valence-corrected chi connectivity index (χ1v) is 16.8. The first kappa shape index (κ1) is 42.6. The van der Waals surface area contributed by atoms with E-state index in [1.54, 1.807) is 0 Å². The van der Waals surface area contributed by atoms with Crippen LogP contribution in [0.4, 0.5) is 0 Å². The van der Waals surface area contributed by atoms with Crippen molar-refractivity contribution >= 4 is 11.6 Å². The second-order valence-corrected chi connectivity index (χ2v) is 11.3. The van der Waals surface area contributed by atoms with Crippen LogP contribution in [-0.2, 0) is 6.54 Å². The molecule has 0 aliphatic rings. The number of hydrogen-bond donors (Lipinski definition) is 0. The Hall–Kier alpha value is -1.56. The van der Waals surface area contributed by atoms with E-state index < -0.39 is 0 Å². The second-order valence-electron chi connectivity index (χ2n) is 10.9. The zero-order valence-electron chi connectivity index (χ0n) is 27.8. The van der Waals surface area contributed by atoms with Crippen LogP contribution in [0.5, 0.6) is 0 Å². The van der Waals surface area contributed by atoms with Crippen LogP contribution in [0.15, 0.2) is 36.7 Å². The Morgan fingerprint density at radius 3 is 1.60 bits per heavy atom. The Bertz CT molecular complexity index is 996. The topological polar surface area (TPSA) is 16.8 Å². The predicted molar refractivity (Wildman–Crippen MR) is 181 cm³/mol. The molecule has 0 unspecified atom stereocenters. The van der Waals surface area contributed by atoms with Crippen LogP contribution < -0.4 is 28.5 Å². The Kier molecular flexibility index (Phi) is 32.8. The molecule has 0 aliphatic carbocycles. The van der Waals surface area contributed by atoms with Crippen LogP contribution in [-0.4, -0.2) is 10.9 Å². The van der Waals surface area contributed by atoms with Crippen LogP contribution in [0.1, 0.15) is 139 Å². The van der Waals surface area contributed by atoms with Gasteiger partial charge in [0.05, 0.1) is 0 Å². The number of pyridine rings is 2. The van der Waals surface area contributed by atoms with Gasteiger partial charge in [0.25, 0.3) is 0 Å². The molecule has 2 aromatic heterocycles. The van der Waals surface area contributed by atoms with Crippen LogP contribution in [0.3, 0.4) is 0 Å². The summed E-state index contributed by atoms with van der Waals surface area (Å²) in [6.07, 6.45) is 23.5. The number of aromatic nitrogens is 2. The minimum Gasteiger partial charge on any atom is -1.00 e. The van der Waals surface area contributed by atoms with Crippen molar-refractivity contribution in [2.24, 2.45) is 0 Å². The van der Waals surface area contributed by atoms with Crippen molar-refractivity contribution in [3.05, 3.63) is 59.2 Å². The van der Waals surface area contributed by atoms with Gasteiger partial charge in [-0.1, -0.05) is 46.0 Å². The monoisotopic (exact) mass is 706 g/mol. The van der Waals surface area contributed by atoms with Gasteiger partial charge in [-0.3, -0.25) is 4.98 Å². The Balaban J connectivity index is 0. The van der Waals surface area contributed by atoms with Gasteiger partial charge < -0.3 is 24.0 Å². The zero-order chi connectivity index (χ0) is 30.4. The van der Waals surface area contributed by atoms with Gasteiger partial charge in [-0.15, -0.1) is 35.3 Å². The fourth-order valence-electron chi connectivity index (χ4n) is 4.12. The summed E-state index contributed by atoms with van der Waals surface area (Å²) in [5, 5.41) is 0. The van der Waals surface area contributed by atoms with Crippen molar-refractivity contribution in [2.45, 2.75) is 151 Å². The van der Waals surface area contributed by atoms with Crippen molar-refractivity contribution in [2.75, 3.05) is 5.88 Å². The van der Waals surface area contributed by atoms with Gasteiger partial charge in [0.2, 0.25) is 0 Å². The molecule has 2 nitrogen and oxygen atoms in total. The normalized spacial score (nSPS) is 9.50. The fraction of sp³-hybridized carbons (Fsp3) is 0.632. The molecule has 0 aliphatic heterocycles. The molecule has 0 bridgehead atoms. The molecule has 0 amide bonds. The van der Waals surface area contributed by atoms with Crippen molar-refractivity contribution < 1.29 is 28.5 Å². The van der Waals surface area contributed by atoms with E-state index in [-0.39, 0.29) is 24.0 Å². The van der Waals surface area contributed by atoms with Gasteiger partial charge in [0.1, 0.15) is 6.54 Å². The highest BCUT2D eigenvalue weighted by Gasteiger charge is 2.04. The molecule has 4 heteroatoms. The van der Waals surface area contributed by atoms with Crippen molar-refractivity contribution in [3.8, 4) is 23.7 Å². The molecular formula is C38H60ClIN2. The molecule has 0 radical (unpaired) electrons. The summed E-state index contributed by atoms with van der Waals surface area (Å²) in [7, 11) is 0. The summed E-state index contributed by atoms with van der Waals surface area (Å²) in [5.41, 5.74) is 5.08. The lowest BCUT2D eigenvalue weighted by atomic mass is 10.1. The number of rotatable bonds is 15. The quantitative estimate of drug-likeness (QED) is 0.0608. The largest absolute Gasteiger partial charge is 1.00 e. The van der Waals surface area contributed by atoms with Crippen LogP contribution in [0.25, 0.3) is 0 Å². The molecular weight excluding hydrogens is 647 g/mol. The van der Waals surface area contributed by atoms with E-state index in [2.05, 4.69) is 92.2 Å². The van der Waals surface area contributed by atoms with E-state index in [0.29, 0.717) is 0 Å². The molecule has 236 valence electrons. The minimum absolute atomic E-state index is 0. The Morgan fingerprint density at radius 1 is 0.643 bits per heavy atom. The molecule has 0 saturated heterocycles. The van der Waals surface area contributed by atoms with Gasteiger partial charge in [-0.25, -0.2) is 4.57 Å². The number of hydrogen-bond acceptors (Lipinski definition) is 1. The highest BCUT2D eigenvalue weighted by Crippen LogP contribution is 2.05. The lowest BCUT2D eigenvalue weighted by molar-refractivity contribution is -0.703. The average molecular weight is 707 g/mol. The highest BCUT2D eigenvalue weighted by molar-refractivity contribution is 6.17. The molecule has 0 N–H and O–H groups in total. The molecule has 2 rings (SSSR count). The van der Waals surface area contributed by atoms with Gasteiger partial charge in [-0.05, 0) is 82.6 Å². The number of unbranched alkanes of at least 4 members (excludes halogenated alkanes) is 12. The lowest BCUT2D eigenvalue weighted by Crippen LogP contribution is -3.00. The molecule has 2 heterocycles. The first-order valence-electron chi connectivity index (χ1n) is 16.3. The fourth-order valence-corrected chi connectivity index (χ4v) is 4.31. The van der Waals surface area contributed by atoms with Crippen LogP contribution in [0.2, 0.25) is 0 Å². The maximum atomic E-state index is 5.57. The van der Waals surface area contributed by atoms with Gasteiger partial charge in [0.15, 0.2) is 11.9 Å². The van der Waals surface area contributed by atoms with E-state index in [4.69, 9.17) is 11.6 Å². The smallest absolute Gasteiger partial charge is 0.178 e. The van der Waals surface area contributed by atoms with Gasteiger partial charge in [0, 0.05) is 68.9 Å². The SMILES string of the molecule is CCCCC#CCCCCCCCl.CCCCC#CCCCCCC[n+]1ccc(C)cc1C.Cc1ccnc(C)c1.[I-]. The Labute approximate surface area is 283 Å². The van der Waals surface area contributed by atoms with E-state index in [1.165, 1.54) is 87.4 Å². The number of alkyl halides is 1. The maximum absolute atomic E-state index is 5.57. The average Bonchev–Trinajstić information content (AvgIpc) is 2.95. The summed E-state index contributed by atoms with van der Waals surface area (Å²) in [5.74, 6) is 13.8. The van der Waals surface area contributed by atoms with Crippen LogP contribution in [0, 0.1) is 51.4 Å². The molecule has 0 aromatic carbocycles. The molecule has 42 heavy (non-hydrogen) atoms. The Morgan fingerprint density at radius 2 is 1.14 bits per heavy atom. The lowest BCUT2D eigenvalue weighted by Gasteiger charge is -2.01. The summed E-state index contributed by atoms with van der Waals surface area (Å²) in [4.78, 5) is 4.04. The van der Waals surface area contributed by atoms with Crippen LogP contribution >= 0.6 is 11.6 Å². The zero-order valence-corrected chi connectivity index (χ0v) is 30.8. The number of nitrogens with zero attached hydrogens (tertiary/aromatic N) is 2. The number of aryl methyl sites for hydroxylation is 5. The summed E-state index contributed by atoms with van der Waals surface area (Å²) in [6.45, 7) is 14.0. The van der Waals surface area contributed by atoms with Gasteiger partial charge in [-0.2, -0.15) is 0 Å². The van der Waals surface area contributed by atoms with E-state index in [9.17, 15) is 0 Å². The van der Waals surface area contributed by atoms with Crippen molar-refractivity contribution in [1.82, 2.24) is 4.98 Å². The predicted octanol–water partition coefficient (Wildman–Crippen LogP) is 7.81. The van der Waals surface area contributed by atoms with Crippen molar-refractivity contribution in [1.29, 1.82) is 0 Å². The molecule has 0 fully saturated rings. The van der Waals surface area contributed by atoms with E-state index in [0.717, 1.165) is 50.2 Å². The van der Waals surface area contributed by atoms with Crippen molar-refractivity contribution in [3.63, 3.8) is 0 Å². The molecule has 0 saturated carbocycles. The summed E-state index contributed by atoms with van der Waals surface area (Å²) < 4.78 is 2.36. The number of halogens is 2. The minimum atomic E-state index is 0. The standard InChI is InChI=1S/C19H30N.C12H21Cl.C7H9N.HI/c1-4-5-6-7-8-9-10-11-12-13-15-20-16-14-18(2)17-19(20)3;1-2-3-4-5-6-7-8-9-10-11-12-13;1-6-3-4-8-7(2)5-6;/h14,16-17H,4-6,9-13,15H2,1-3H3;2-4,7-12H2,1H3;3-5H,1-2H3;1H/q+1;;;/p-1. The maximum Gasteiger partial charge on any atom is 0.178 e. The molecule has 2 aromatic rings. The molecule has 0 spiro atoms. The highest BCUT2D eigenvalue weighted by atomic mass is 127. The summed E-state index contributed by atoms with van der Waals surface area (Å²) in [6, 6.07) is 8.50. The third-order valence-corrected chi connectivity index (χ3v) is 6.92. The second kappa shape index (κ2) is 32.4. The first-order chi connectivity index (χ1) is 19.9. The third-order valence-electron chi connectivity index (χ3n) is 6.66. The van der Waals surface area contributed by atoms with E-state index >= 15 is 0 Å².